The van der Waals surface area contributed by atoms with Crippen LogP contribution >= 0.6 is 11.6 Å². The van der Waals surface area contributed by atoms with Crippen molar-refractivity contribution in [3.05, 3.63) is 106 Å². The molecule has 27 heavy (non-hydrogen) atoms. The van der Waals surface area contributed by atoms with Crippen molar-refractivity contribution >= 4 is 17.5 Å². The van der Waals surface area contributed by atoms with E-state index in [1.165, 1.54) is 0 Å². The molecule has 4 heteroatoms. The highest BCUT2D eigenvalue weighted by Crippen LogP contribution is 2.42. The standard InChI is InChI=1S/C23H20ClNO2/c24-17-10-6-7-15(13-17)14-20-18-11-4-5-12-19(18)21(22(20)26)25-23(27)16-8-2-1-3-9-16/h1-13,20-22,26H,14H2,(H,25,27)/t20-,21-,22?/m0/s1. The molecule has 1 aliphatic carbocycles. The van der Waals surface area contributed by atoms with Crippen molar-refractivity contribution in [3.63, 3.8) is 0 Å². The Morgan fingerprint density at radius 3 is 2.37 bits per heavy atom. The van der Waals surface area contributed by atoms with Gasteiger partial charge in [-0.2, -0.15) is 0 Å². The van der Waals surface area contributed by atoms with E-state index in [1.54, 1.807) is 12.1 Å². The van der Waals surface area contributed by atoms with Crippen molar-refractivity contribution in [2.45, 2.75) is 24.5 Å². The fraction of sp³-hybridized carbons (Fsp3) is 0.174. The van der Waals surface area contributed by atoms with Crippen molar-refractivity contribution < 1.29 is 9.90 Å². The molecule has 0 saturated carbocycles. The van der Waals surface area contributed by atoms with Gasteiger partial charge in [0.2, 0.25) is 0 Å². The highest BCUT2D eigenvalue weighted by atomic mass is 35.5. The van der Waals surface area contributed by atoms with Gasteiger partial charge in [0, 0.05) is 16.5 Å². The molecule has 0 aromatic heterocycles. The fourth-order valence-corrected chi connectivity index (χ4v) is 4.07. The van der Waals surface area contributed by atoms with Gasteiger partial charge >= 0.3 is 0 Å². The molecular formula is C23H20ClNO2. The van der Waals surface area contributed by atoms with Gasteiger partial charge in [0.05, 0.1) is 12.1 Å². The van der Waals surface area contributed by atoms with Crippen molar-refractivity contribution in [3.8, 4) is 0 Å². The Bertz CT molecular complexity index is 957. The number of fused-ring (bicyclic) bond motifs is 1. The lowest BCUT2D eigenvalue weighted by Crippen LogP contribution is -2.35. The quantitative estimate of drug-likeness (QED) is 0.702. The van der Waals surface area contributed by atoms with Crippen LogP contribution in [-0.4, -0.2) is 17.1 Å². The van der Waals surface area contributed by atoms with Crippen LogP contribution in [0.25, 0.3) is 0 Å². The van der Waals surface area contributed by atoms with Crippen LogP contribution in [0.15, 0.2) is 78.9 Å². The lowest BCUT2D eigenvalue weighted by atomic mass is 9.92. The molecule has 1 amide bonds. The first kappa shape index (κ1) is 17.8. The summed E-state index contributed by atoms with van der Waals surface area (Å²) in [6, 6.07) is 24.2. The summed E-state index contributed by atoms with van der Waals surface area (Å²) in [6.45, 7) is 0. The number of hydrogen-bond acceptors (Lipinski definition) is 2. The summed E-state index contributed by atoms with van der Waals surface area (Å²) in [6.07, 6.45) is -0.0368. The number of aliphatic hydroxyl groups excluding tert-OH is 1. The van der Waals surface area contributed by atoms with Gasteiger partial charge in [0.1, 0.15) is 0 Å². The monoisotopic (exact) mass is 377 g/mol. The molecule has 0 fully saturated rings. The summed E-state index contributed by atoms with van der Waals surface area (Å²) >= 11 is 6.11. The molecule has 136 valence electrons. The van der Waals surface area contributed by atoms with E-state index in [1.807, 2.05) is 66.7 Å². The third-order valence-corrected chi connectivity index (χ3v) is 5.39. The second-order valence-electron chi connectivity index (χ2n) is 6.88. The lowest BCUT2D eigenvalue weighted by molar-refractivity contribution is 0.0813. The number of benzene rings is 3. The number of rotatable bonds is 4. The van der Waals surface area contributed by atoms with Crippen LogP contribution in [-0.2, 0) is 6.42 Å². The molecule has 0 radical (unpaired) electrons. The van der Waals surface area contributed by atoms with Crippen LogP contribution in [0, 0.1) is 0 Å². The minimum Gasteiger partial charge on any atom is -0.390 e. The second kappa shape index (κ2) is 7.55. The number of aliphatic hydroxyl groups is 1. The molecule has 0 bridgehead atoms. The highest BCUT2D eigenvalue weighted by Gasteiger charge is 2.40. The largest absolute Gasteiger partial charge is 0.390 e. The maximum absolute atomic E-state index is 12.6. The number of hydrogen-bond donors (Lipinski definition) is 2. The number of nitrogens with one attached hydrogen (secondary N) is 1. The number of amides is 1. The smallest absolute Gasteiger partial charge is 0.251 e. The molecule has 0 saturated heterocycles. The van der Waals surface area contributed by atoms with Gasteiger partial charge in [-0.3, -0.25) is 4.79 Å². The van der Waals surface area contributed by atoms with Gasteiger partial charge in [-0.25, -0.2) is 0 Å². The van der Waals surface area contributed by atoms with Gasteiger partial charge in [-0.15, -0.1) is 0 Å². The third-order valence-electron chi connectivity index (χ3n) is 5.15. The van der Waals surface area contributed by atoms with Crippen molar-refractivity contribution in [2.24, 2.45) is 0 Å². The van der Waals surface area contributed by atoms with E-state index in [-0.39, 0.29) is 11.8 Å². The Kier molecular flexibility index (Phi) is 4.97. The molecule has 0 aliphatic heterocycles. The summed E-state index contributed by atoms with van der Waals surface area (Å²) in [5.41, 5.74) is 3.70. The van der Waals surface area contributed by atoms with Gasteiger partial charge in [-0.05, 0) is 47.4 Å². The van der Waals surface area contributed by atoms with Gasteiger partial charge < -0.3 is 10.4 Å². The van der Waals surface area contributed by atoms with Crippen LogP contribution in [0.3, 0.4) is 0 Å². The van der Waals surface area contributed by atoms with Crippen molar-refractivity contribution in [1.29, 1.82) is 0 Å². The van der Waals surface area contributed by atoms with Gasteiger partial charge in [-0.1, -0.05) is 66.2 Å². The molecule has 0 heterocycles. The highest BCUT2D eigenvalue weighted by molar-refractivity contribution is 6.30. The predicted molar refractivity (Wildman–Crippen MR) is 107 cm³/mol. The molecule has 2 N–H and O–H groups in total. The first-order valence-corrected chi connectivity index (χ1v) is 9.38. The van der Waals surface area contributed by atoms with E-state index in [0.29, 0.717) is 17.0 Å². The van der Waals surface area contributed by atoms with E-state index in [4.69, 9.17) is 11.6 Å². The van der Waals surface area contributed by atoms with E-state index in [0.717, 1.165) is 16.7 Å². The van der Waals surface area contributed by atoms with Crippen molar-refractivity contribution in [1.82, 2.24) is 5.32 Å². The van der Waals surface area contributed by atoms with E-state index >= 15 is 0 Å². The average molecular weight is 378 g/mol. The third kappa shape index (κ3) is 3.61. The topological polar surface area (TPSA) is 49.3 Å². The summed E-state index contributed by atoms with van der Waals surface area (Å²) in [4.78, 5) is 12.6. The maximum Gasteiger partial charge on any atom is 0.251 e. The Morgan fingerprint density at radius 2 is 1.63 bits per heavy atom. The van der Waals surface area contributed by atoms with Crippen LogP contribution < -0.4 is 5.32 Å². The SMILES string of the molecule is O=C(N[C@H]1c2ccccc2[C@H](Cc2cccc(Cl)c2)C1O)c1ccccc1. The second-order valence-corrected chi connectivity index (χ2v) is 7.31. The van der Waals surface area contributed by atoms with E-state index < -0.39 is 12.1 Å². The van der Waals surface area contributed by atoms with Gasteiger partial charge in [0.25, 0.3) is 5.91 Å². The Labute approximate surface area is 163 Å². The van der Waals surface area contributed by atoms with Crippen LogP contribution in [0.4, 0.5) is 0 Å². The molecule has 4 rings (SSSR count). The summed E-state index contributed by atoms with van der Waals surface area (Å²) in [7, 11) is 0. The summed E-state index contributed by atoms with van der Waals surface area (Å²) in [5, 5.41) is 14.7. The molecule has 3 nitrogen and oxygen atoms in total. The molecule has 3 aromatic carbocycles. The maximum atomic E-state index is 12.6. The predicted octanol–water partition coefficient (Wildman–Crippen LogP) is 4.51. The van der Waals surface area contributed by atoms with E-state index in [9.17, 15) is 9.90 Å². The Balaban J connectivity index is 1.61. The number of carbonyl (C=O) groups excluding carboxylic acids is 1. The Hall–Kier alpha value is -2.62. The van der Waals surface area contributed by atoms with Gasteiger partial charge in [0.15, 0.2) is 0 Å². The zero-order valence-corrected chi connectivity index (χ0v) is 15.4. The molecular weight excluding hydrogens is 358 g/mol. The first-order valence-electron chi connectivity index (χ1n) is 9.01. The van der Waals surface area contributed by atoms with E-state index in [2.05, 4.69) is 5.32 Å². The van der Waals surface area contributed by atoms with Crippen LogP contribution in [0.2, 0.25) is 5.02 Å². The normalized spacial score (nSPS) is 20.9. The molecule has 0 spiro atoms. The molecule has 3 aromatic rings. The van der Waals surface area contributed by atoms with Crippen molar-refractivity contribution in [2.75, 3.05) is 0 Å². The number of carbonyl (C=O) groups is 1. The molecule has 3 atom stereocenters. The molecule has 1 aliphatic rings. The summed E-state index contributed by atoms with van der Waals surface area (Å²) < 4.78 is 0. The lowest BCUT2D eigenvalue weighted by Gasteiger charge is -2.22. The van der Waals surface area contributed by atoms with Crippen LogP contribution in [0.1, 0.15) is 39.0 Å². The Morgan fingerprint density at radius 1 is 0.926 bits per heavy atom. The average Bonchev–Trinajstić information content (AvgIpc) is 2.95. The zero-order chi connectivity index (χ0) is 18.8. The minimum atomic E-state index is -0.700. The van der Waals surface area contributed by atoms with Crippen LogP contribution in [0.5, 0.6) is 0 Å². The number of halogens is 1. The fourth-order valence-electron chi connectivity index (χ4n) is 3.86. The minimum absolute atomic E-state index is 0.0965. The first-order chi connectivity index (χ1) is 13.1. The molecule has 1 unspecified atom stereocenters. The zero-order valence-electron chi connectivity index (χ0n) is 14.7. The summed E-state index contributed by atoms with van der Waals surface area (Å²) in [5.74, 6) is -0.279.